The van der Waals surface area contributed by atoms with Gasteiger partial charge in [0.15, 0.2) is 0 Å². The van der Waals surface area contributed by atoms with Gasteiger partial charge in [-0.05, 0) is 25.8 Å². The van der Waals surface area contributed by atoms with Crippen LogP contribution in [0.2, 0.25) is 0 Å². The summed E-state index contributed by atoms with van der Waals surface area (Å²) in [6.45, 7) is 2.33. The molecule has 1 radical (unpaired) electrons. The molecule has 0 bridgehead atoms. The molecule has 2 saturated heterocycles. The van der Waals surface area contributed by atoms with Crippen molar-refractivity contribution in [3.8, 4) is 0 Å². The Kier molecular flexibility index (Phi) is 1.44. The van der Waals surface area contributed by atoms with Crippen LogP contribution in [0.4, 0.5) is 0 Å². The molecule has 0 aliphatic carbocycles. The lowest BCUT2D eigenvalue weighted by Crippen LogP contribution is -2.49. The first-order valence-electron chi connectivity index (χ1n) is 3.87. The zero-order chi connectivity index (χ0) is 6.10. The van der Waals surface area contributed by atoms with E-state index in [0.717, 1.165) is 12.6 Å². The molecule has 2 unspecified atom stereocenters. The van der Waals surface area contributed by atoms with Crippen LogP contribution in [0.5, 0.6) is 0 Å². The van der Waals surface area contributed by atoms with Gasteiger partial charge < -0.3 is 5.32 Å². The minimum Gasteiger partial charge on any atom is -0.312 e. The summed E-state index contributed by atoms with van der Waals surface area (Å²) in [7, 11) is 0. The fraction of sp³-hybridized carbons (Fsp3) is 1.00. The molecule has 2 aliphatic rings. The van der Waals surface area contributed by atoms with Crippen LogP contribution in [0, 0.1) is 0 Å². The van der Waals surface area contributed by atoms with Gasteiger partial charge in [-0.25, -0.2) is 5.32 Å². The maximum Gasteiger partial charge on any atom is 0.0412 e. The molecular formula is C7H13N2. The molecular weight excluding hydrogens is 112 g/mol. The summed E-state index contributed by atoms with van der Waals surface area (Å²) in [6, 6.07) is 1.44. The molecule has 2 fully saturated rings. The van der Waals surface area contributed by atoms with E-state index in [9.17, 15) is 0 Å². The minimum absolute atomic E-state index is 0.687. The largest absolute Gasteiger partial charge is 0.312 e. The monoisotopic (exact) mass is 125 g/mol. The lowest BCUT2D eigenvalue weighted by Gasteiger charge is -2.30. The van der Waals surface area contributed by atoms with Crippen molar-refractivity contribution in [1.29, 1.82) is 0 Å². The van der Waals surface area contributed by atoms with Crippen LogP contribution in [0.3, 0.4) is 0 Å². The Morgan fingerprint density at radius 1 is 1.33 bits per heavy atom. The van der Waals surface area contributed by atoms with E-state index >= 15 is 0 Å². The topological polar surface area (TPSA) is 26.1 Å². The number of nitrogens with zero attached hydrogens (tertiary/aromatic N) is 1. The molecule has 0 aromatic rings. The van der Waals surface area contributed by atoms with E-state index in [0.29, 0.717) is 6.04 Å². The Morgan fingerprint density at radius 2 is 2.22 bits per heavy atom. The first-order chi connectivity index (χ1) is 4.47. The van der Waals surface area contributed by atoms with E-state index in [1.54, 1.807) is 0 Å². The molecule has 2 rings (SSSR count). The zero-order valence-electron chi connectivity index (χ0n) is 5.64. The summed E-state index contributed by atoms with van der Waals surface area (Å²) in [4.78, 5) is 0. The SMILES string of the molecule is C1CNC(C2CC[N]2)C1. The standard InChI is InChI=1S/C7H13N2/c1-2-6(8-4-1)7-3-5-9-7/h6-8H,1-5H2. The van der Waals surface area contributed by atoms with Crippen LogP contribution in [0.1, 0.15) is 19.3 Å². The molecule has 0 aromatic heterocycles. The summed E-state index contributed by atoms with van der Waals surface area (Å²) in [5, 5.41) is 7.85. The Hall–Kier alpha value is -0.0800. The van der Waals surface area contributed by atoms with Crippen molar-refractivity contribution in [2.75, 3.05) is 13.1 Å². The summed E-state index contributed by atoms with van der Waals surface area (Å²) >= 11 is 0. The number of hydrogen-bond donors (Lipinski definition) is 1. The fourth-order valence-corrected chi connectivity index (χ4v) is 1.65. The molecule has 0 saturated carbocycles. The highest BCUT2D eigenvalue weighted by molar-refractivity contribution is 4.91. The van der Waals surface area contributed by atoms with Gasteiger partial charge in [0.25, 0.3) is 0 Å². The Balaban J connectivity index is 1.82. The average molecular weight is 125 g/mol. The van der Waals surface area contributed by atoms with Gasteiger partial charge in [0.05, 0.1) is 0 Å². The maximum absolute atomic E-state index is 4.39. The molecule has 1 N–H and O–H groups in total. The lowest BCUT2D eigenvalue weighted by atomic mass is 9.97. The first-order valence-corrected chi connectivity index (χ1v) is 3.87. The Labute approximate surface area is 56.0 Å². The third-order valence-electron chi connectivity index (χ3n) is 2.35. The van der Waals surface area contributed by atoms with Gasteiger partial charge in [-0.1, -0.05) is 0 Å². The van der Waals surface area contributed by atoms with E-state index in [1.165, 1.54) is 25.8 Å². The van der Waals surface area contributed by atoms with Crippen LogP contribution >= 0.6 is 0 Å². The number of rotatable bonds is 1. The molecule has 0 aromatic carbocycles. The molecule has 2 atom stereocenters. The normalized spacial score (nSPS) is 42.7. The van der Waals surface area contributed by atoms with Crippen molar-refractivity contribution in [2.45, 2.75) is 31.3 Å². The molecule has 2 aliphatic heterocycles. The molecule has 2 heterocycles. The van der Waals surface area contributed by atoms with Crippen LogP contribution in [-0.2, 0) is 0 Å². The third kappa shape index (κ3) is 0.970. The zero-order valence-corrected chi connectivity index (χ0v) is 5.64. The molecule has 51 valence electrons. The van der Waals surface area contributed by atoms with Crippen LogP contribution in [0.25, 0.3) is 0 Å². The van der Waals surface area contributed by atoms with Gasteiger partial charge >= 0.3 is 0 Å². The van der Waals surface area contributed by atoms with Crippen molar-refractivity contribution in [1.82, 2.24) is 10.6 Å². The van der Waals surface area contributed by atoms with Crippen molar-refractivity contribution in [3.05, 3.63) is 0 Å². The molecule has 2 heteroatoms. The molecule has 2 nitrogen and oxygen atoms in total. The van der Waals surface area contributed by atoms with E-state index < -0.39 is 0 Å². The average Bonchev–Trinajstić information content (AvgIpc) is 2.11. The van der Waals surface area contributed by atoms with Crippen molar-refractivity contribution in [2.24, 2.45) is 0 Å². The lowest BCUT2D eigenvalue weighted by molar-refractivity contribution is 0.290. The smallest absolute Gasteiger partial charge is 0.0412 e. The number of hydrogen-bond acceptors (Lipinski definition) is 1. The van der Waals surface area contributed by atoms with Gasteiger partial charge in [0, 0.05) is 18.6 Å². The second-order valence-electron chi connectivity index (χ2n) is 2.97. The highest BCUT2D eigenvalue weighted by Crippen LogP contribution is 2.17. The van der Waals surface area contributed by atoms with Crippen molar-refractivity contribution >= 4 is 0 Å². The summed E-state index contributed by atoms with van der Waals surface area (Å²) in [6.07, 6.45) is 4.04. The van der Waals surface area contributed by atoms with E-state index in [-0.39, 0.29) is 0 Å². The van der Waals surface area contributed by atoms with Crippen molar-refractivity contribution < 1.29 is 0 Å². The Morgan fingerprint density at radius 3 is 2.67 bits per heavy atom. The molecule has 0 amide bonds. The van der Waals surface area contributed by atoms with Gasteiger partial charge in [0.1, 0.15) is 0 Å². The fourth-order valence-electron chi connectivity index (χ4n) is 1.65. The maximum atomic E-state index is 4.39. The van der Waals surface area contributed by atoms with Gasteiger partial charge in [-0.2, -0.15) is 0 Å². The Bertz CT molecular complexity index is 93.1. The summed E-state index contributed by atoms with van der Waals surface area (Å²) in [5.41, 5.74) is 0. The summed E-state index contributed by atoms with van der Waals surface area (Å²) in [5.74, 6) is 0. The first kappa shape index (κ1) is 5.69. The highest BCUT2D eigenvalue weighted by atomic mass is 15.1. The third-order valence-corrected chi connectivity index (χ3v) is 2.35. The van der Waals surface area contributed by atoms with E-state index in [4.69, 9.17) is 0 Å². The minimum atomic E-state index is 0.687. The predicted molar refractivity (Wildman–Crippen MR) is 36.4 cm³/mol. The second kappa shape index (κ2) is 2.27. The number of nitrogens with one attached hydrogen (secondary N) is 1. The summed E-state index contributed by atoms with van der Waals surface area (Å²) < 4.78 is 0. The molecule has 0 spiro atoms. The van der Waals surface area contributed by atoms with E-state index in [2.05, 4.69) is 10.6 Å². The van der Waals surface area contributed by atoms with Gasteiger partial charge in [0.2, 0.25) is 0 Å². The molecule has 9 heavy (non-hydrogen) atoms. The van der Waals surface area contributed by atoms with Crippen molar-refractivity contribution in [3.63, 3.8) is 0 Å². The van der Waals surface area contributed by atoms with Crippen LogP contribution < -0.4 is 10.6 Å². The quantitative estimate of drug-likeness (QED) is 0.529. The van der Waals surface area contributed by atoms with Gasteiger partial charge in [-0.15, -0.1) is 0 Å². The van der Waals surface area contributed by atoms with Gasteiger partial charge in [-0.3, -0.25) is 0 Å². The van der Waals surface area contributed by atoms with E-state index in [1.807, 2.05) is 0 Å². The van der Waals surface area contributed by atoms with Crippen LogP contribution in [-0.4, -0.2) is 25.2 Å². The second-order valence-corrected chi connectivity index (χ2v) is 2.97. The van der Waals surface area contributed by atoms with Crippen LogP contribution in [0.15, 0.2) is 0 Å². The highest BCUT2D eigenvalue weighted by Gasteiger charge is 2.29. The predicted octanol–water partition coefficient (Wildman–Crippen LogP) is 0.115.